The van der Waals surface area contributed by atoms with Crippen LogP contribution in [0, 0.1) is 26.6 Å². The van der Waals surface area contributed by atoms with Crippen molar-refractivity contribution in [3.63, 3.8) is 0 Å². The maximum Gasteiger partial charge on any atom is 0.348 e. The Labute approximate surface area is 167 Å². The van der Waals surface area contributed by atoms with Gasteiger partial charge in [-0.05, 0) is 69.2 Å². The van der Waals surface area contributed by atoms with Crippen molar-refractivity contribution >= 4 is 23.1 Å². The van der Waals surface area contributed by atoms with Gasteiger partial charge in [0.2, 0.25) is 5.78 Å². The van der Waals surface area contributed by atoms with Crippen LogP contribution < -0.4 is 0 Å². The fourth-order valence-corrected chi connectivity index (χ4v) is 4.29. The number of Topliss-reactive ketones (excluding diaryl/α,β-unsaturated/α-hetero) is 1. The van der Waals surface area contributed by atoms with Gasteiger partial charge in [-0.25, -0.2) is 9.18 Å². The lowest BCUT2D eigenvalue weighted by molar-refractivity contribution is 0.0479. The van der Waals surface area contributed by atoms with Gasteiger partial charge in [0.1, 0.15) is 10.7 Å². The molecule has 0 unspecified atom stereocenters. The van der Waals surface area contributed by atoms with E-state index in [4.69, 9.17) is 4.74 Å². The SMILES string of the molecule is CCc1sc(C(=O)OCC(=O)c2cc(C)n(-c3ccc(F)cc3)c2C)cc1C. The molecule has 0 saturated heterocycles. The molecule has 0 spiro atoms. The van der Waals surface area contributed by atoms with Gasteiger partial charge in [0.15, 0.2) is 6.61 Å². The molecule has 0 saturated carbocycles. The predicted molar refractivity (Wildman–Crippen MR) is 108 cm³/mol. The van der Waals surface area contributed by atoms with Gasteiger partial charge in [0, 0.05) is 27.5 Å². The zero-order valence-electron chi connectivity index (χ0n) is 16.3. The van der Waals surface area contributed by atoms with E-state index < -0.39 is 5.97 Å². The van der Waals surface area contributed by atoms with E-state index in [2.05, 4.69) is 0 Å². The number of ketones is 1. The maximum atomic E-state index is 13.2. The summed E-state index contributed by atoms with van der Waals surface area (Å²) in [7, 11) is 0. The minimum Gasteiger partial charge on any atom is -0.453 e. The molecule has 2 heterocycles. The quantitative estimate of drug-likeness (QED) is 0.423. The summed E-state index contributed by atoms with van der Waals surface area (Å²) in [6.45, 7) is 7.38. The average molecular weight is 399 g/mol. The van der Waals surface area contributed by atoms with E-state index >= 15 is 0 Å². The zero-order chi connectivity index (χ0) is 20.4. The largest absolute Gasteiger partial charge is 0.453 e. The number of carbonyl (C=O) groups excluding carboxylic acids is 2. The van der Waals surface area contributed by atoms with Crippen molar-refractivity contribution in [1.82, 2.24) is 4.57 Å². The van der Waals surface area contributed by atoms with Crippen LogP contribution in [-0.2, 0) is 11.2 Å². The first kappa shape index (κ1) is 20.0. The molecule has 0 amide bonds. The van der Waals surface area contributed by atoms with Crippen LogP contribution in [0.4, 0.5) is 4.39 Å². The number of aryl methyl sites for hydroxylation is 3. The molecule has 28 heavy (non-hydrogen) atoms. The molecule has 0 radical (unpaired) electrons. The van der Waals surface area contributed by atoms with Gasteiger partial charge in [0.25, 0.3) is 0 Å². The van der Waals surface area contributed by atoms with Crippen LogP contribution in [0.1, 0.15) is 48.8 Å². The zero-order valence-corrected chi connectivity index (χ0v) is 17.2. The summed E-state index contributed by atoms with van der Waals surface area (Å²) in [5.74, 6) is -1.06. The summed E-state index contributed by atoms with van der Waals surface area (Å²) >= 11 is 1.40. The molecule has 1 aromatic carbocycles. The minimum absolute atomic E-state index is 0.265. The highest BCUT2D eigenvalue weighted by Crippen LogP contribution is 2.24. The van der Waals surface area contributed by atoms with Gasteiger partial charge in [-0.1, -0.05) is 6.92 Å². The molecule has 6 heteroatoms. The van der Waals surface area contributed by atoms with Crippen LogP contribution >= 0.6 is 11.3 Å². The lowest BCUT2D eigenvalue weighted by atomic mass is 10.1. The first-order valence-corrected chi connectivity index (χ1v) is 9.88. The molecule has 3 rings (SSSR count). The number of halogens is 1. The Kier molecular flexibility index (Phi) is 5.79. The number of benzene rings is 1. The third-order valence-corrected chi connectivity index (χ3v) is 6.06. The molecule has 3 aromatic rings. The molecule has 0 aliphatic carbocycles. The number of hydrogen-bond donors (Lipinski definition) is 0. The van der Waals surface area contributed by atoms with Crippen LogP contribution in [0.5, 0.6) is 0 Å². The lowest BCUT2D eigenvalue weighted by Crippen LogP contribution is -2.14. The predicted octanol–water partition coefficient (Wildman–Crippen LogP) is 5.21. The standard InChI is InChI=1S/C22H22FNO3S/c1-5-20-13(2)10-21(28-20)22(26)27-12-19(25)18-11-14(3)24(15(18)4)17-8-6-16(23)7-9-17/h6-11H,5,12H2,1-4H3. The second-order valence-corrected chi connectivity index (χ2v) is 7.80. The monoisotopic (exact) mass is 399 g/mol. The fraction of sp³-hybridized carbons (Fsp3) is 0.273. The Balaban J connectivity index is 1.75. The number of ether oxygens (including phenoxy) is 1. The summed E-state index contributed by atoms with van der Waals surface area (Å²) < 4.78 is 20.3. The van der Waals surface area contributed by atoms with Gasteiger partial charge >= 0.3 is 5.97 Å². The fourth-order valence-electron chi connectivity index (χ4n) is 3.28. The second-order valence-electron chi connectivity index (χ2n) is 6.67. The average Bonchev–Trinajstić information content (AvgIpc) is 3.19. The molecular formula is C22H22FNO3S. The van der Waals surface area contributed by atoms with Gasteiger partial charge in [0.05, 0.1) is 0 Å². The van der Waals surface area contributed by atoms with Crippen molar-refractivity contribution in [2.45, 2.75) is 34.1 Å². The van der Waals surface area contributed by atoms with Crippen molar-refractivity contribution in [1.29, 1.82) is 0 Å². The highest BCUT2D eigenvalue weighted by atomic mass is 32.1. The van der Waals surface area contributed by atoms with E-state index in [-0.39, 0.29) is 18.2 Å². The first-order valence-electron chi connectivity index (χ1n) is 9.06. The summed E-state index contributed by atoms with van der Waals surface area (Å²) in [6, 6.07) is 9.65. The van der Waals surface area contributed by atoms with E-state index in [1.807, 2.05) is 32.3 Å². The van der Waals surface area contributed by atoms with Crippen molar-refractivity contribution in [3.8, 4) is 5.69 Å². The summed E-state index contributed by atoms with van der Waals surface area (Å²) in [5, 5.41) is 0. The molecule has 0 atom stereocenters. The molecule has 2 aromatic heterocycles. The molecule has 0 aliphatic heterocycles. The number of thiophene rings is 1. The molecule has 0 N–H and O–H groups in total. The number of esters is 1. The topological polar surface area (TPSA) is 48.3 Å². The summed E-state index contributed by atoms with van der Waals surface area (Å²) in [5.41, 5.74) is 3.90. The highest BCUT2D eigenvalue weighted by Gasteiger charge is 2.20. The van der Waals surface area contributed by atoms with E-state index in [9.17, 15) is 14.0 Å². The normalized spacial score (nSPS) is 10.9. The molecule has 4 nitrogen and oxygen atoms in total. The van der Waals surface area contributed by atoms with Gasteiger partial charge in [-0.15, -0.1) is 11.3 Å². The molecule has 0 fully saturated rings. The Morgan fingerprint density at radius 2 is 1.79 bits per heavy atom. The molecule has 0 bridgehead atoms. The smallest absolute Gasteiger partial charge is 0.348 e. The first-order chi connectivity index (χ1) is 13.3. The number of aromatic nitrogens is 1. The van der Waals surface area contributed by atoms with E-state index in [1.54, 1.807) is 24.3 Å². The third-order valence-electron chi connectivity index (χ3n) is 4.69. The number of rotatable bonds is 6. The van der Waals surface area contributed by atoms with E-state index in [1.165, 1.54) is 23.5 Å². The Morgan fingerprint density at radius 1 is 1.11 bits per heavy atom. The van der Waals surface area contributed by atoms with Crippen LogP contribution in [-0.4, -0.2) is 22.9 Å². The lowest BCUT2D eigenvalue weighted by Gasteiger charge is -2.10. The van der Waals surface area contributed by atoms with E-state index in [0.29, 0.717) is 10.4 Å². The highest BCUT2D eigenvalue weighted by molar-refractivity contribution is 7.14. The van der Waals surface area contributed by atoms with Gasteiger partial charge in [-0.3, -0.25) is 4.79 Å². The summed E-state index contributed by atoms with van der Waals surface area (Å²) in [4.78, 5) is 26.6. The number of nitrogens with zero attached hydrogens (tertiary/aromatic N) is 1. The number of carbonyl (C=O) groups is 2. The second kappa shape index (κ2) is 8.10. The van der Waals surface area contributed by atoms with Crippen molar-refractivity contribution in [2.75, 3.05) is 6.61 Å². The third kappa shape index (κ3) is 3.92. The van der Waals surface area contributed by atoms with Gasteiger partial charge in [-0.2, -0.15) is 0 Å². The van der Waals surface area contributed by atoms with Gasteiger partial charge < -0.3 is 9.30 Å². The molecular weight excluding hydrogens is 377 g/mol. The van der Waals surface area contributed by atoms with Crippen LogP contribution in [0.15, 0.2) is 36.4 Å². The van der Waals surface area contributed by atoms with Crippen LogP contribution in [0.2, 0.25) is 0 Å². The maximum absolute atomic E-state index is 13.2. The van der Waals surface area contributed by atoms with Crippen molar-refractivity contribution in [3.05, 3.63) is 74.5 Å². The molecule has 0 aliphatic rings. The van der Waals surface area contributed by atoms with Crippen molar-refractivity contribution in [2.24, 2.45) is 0 Å². The Hall–Kier alpha value is -2.73. The van der Waals surface area contributed by atoms with Crippen LogP contribution in [0.25, 0.3) is 5.69 Å². The Bertz CT molecular complexity index is 1030. The number of hydrogen-bond acceptors (Lipinski definition) is 4. The van der Waals surface area contributed by atoms with Crippen LogP contribution in [0.3, 0.4) is 0 Å². The Morgan fingerprint density at radius 3 is 2.39 bits per heavy atom. The van der Waals surface area contributed by atoms with Crippen molar-refractivity contribution < 1.29 is 18.7 Å². The van der Waals surface area contributed by atoms with E-state index in [0.717, 1.165) is 33.9 Å². The molecule has 146 valence electrons. The summed E-state index contributed by atoms with van der Waals surface area (Å²) in [6.07, 6.45) is 0.859. The minimum atomic E-state index is -0.478.